The molecule has 1 aliphatic heterocycles. The summed E-state index contributed by atoms with van der Waals surface area (Å²) < 4.78 is 44.7. The lowest BCUT2D eigenvalue weighted by molar-refractivity contribution is -0.166. The maximum atomic E-state index is 13.2. The summed E-state index contributed by atoms with van der Waals surface area (Å²) in [5, 5.41) is 0.208. The molecule has 1 unspecified atom stereocenters. The van der Waals surface area contributed by atoms with Crippen molar-refractivity contribution in [2.24, 2.45) is 0 Å². The van der Waals surface area contributed by atoms with E-state index in [9.17, 15) is 19.2 Å². The molecule has 1 fully saturated rings. The fourth-order valence-corrected chi connectivity index (χ4v) is 4.01. The summed E-state index contributed by atoms with van der Waals surface area (Å²) in [6.07, 6.45) is -2.83. The van der Waals surface area contributed by atoms with Crippen LogP contribution in [0.25, 0.3) is 11.2 Å². The summed E-state index contributed by atoms with van der Waals surface area (Å²) in [4.78, 5) is 61.5. The molecule has 0 radical (unpaired) electrons. The Labute approximate surface area is 213 Å². The van der Waals surface area contributed by atoms with Crippen LogP contribution in [0.15, 0.2) is 36.9 Å². The summed E-state index contributed by atoms with van der Waals surface area (Å²) in [5.74, 6) is -3.35. The smallest absolute Gasteiger partial charge is 0.303 e. The number of carbonyl (C=O) groups is 4. The summed E-state index contributed by atoms with van der Waals surface area (Å²) in [7, 11) is 0. The Hall–Kier alpha value is -3.90. The molecular formula is C23H21ClN4O8. The van der Waals surface area contributed by atoms with Crippen molar-refractivity contribution < 1.29 is 42.2 Å². The van der Waals surface area contributed by atoms with Crippen LogP contribution in [0.2, 0.25) is 5.02 Å². The largest absolute Gasteiger partial charge is 0.463 e. The minimum Gasteiger partial charge on any atom is -0.463 e. The van der Waals surface area contributed by atoms with Crippen LogP contribution in [-0.4, -0.2) is 68.1 Å². The average Bonchev–Trinajstić information content (AvgIpc) is 3.52. The number of imidazole rings is 1. The van der Waals surface area contributed by atoms with Gasteiger partial charge < -0.3 is 18.9 Å². The van der Waals surface area contributed by atoms with Crippen molar-refractivity contribution >= 4 is 46.5 Å². The number of ether oxygens (including phenoxy) is 4. The Bertz CT molecular complexity index is 1410. The molecule has 0 saturated carbocycles. The highest BCUT2D eigenvalue weighted by Gasteiger charge is 2.51. The first-order valence-corrected chi connectivity index (χ1v) is 10.7. The average molecular weight is 520 g/mol. The van der Waals surface area contributed by atoms with Gasteiger partial charge in [0.05, 0.1) is 11.3 Å². The van der Waals surface area contributed by atoms with Gasteiger partial charge in [-0.2, -0.15) is 0 Å². The molecule has 4 rings (SSSR count). The van der Waals surface area contributed by atoms with E-state index in [2.05, 4.69) is 15.0 Å². The molecule has 0 bridgehead atoms. The SMILES string of the molecule is [2H]CC(=O)OC[C@H]1OC(n2cnc3c(C(=O)c4ccccc4Cl)ncnc32)[C@H](OC(=O)C[2H])[C@@H]1OC(=O)C[2H]. The highest BCUT2D eigenvalue weighted by atomic mass is 35.5. The number of rotatable bonds is 7. The molecule has 1 aliphatic rings. The second-order valence-corrected chi connectivity index (χ2v) is 7.92. The molecule has 0 aliphatic carbocycles. The van der Waals surface area contributed by atoms with Crippen LogP contribution < -0.4 is 0 Å². The van der Waals surface area contributed by atoms with Crippen molar-refractivity contribution in [2.45, 2.75) is 45.2 Å². The van der Waals surface area contributed by atoms with E-state index in [1.807, 2.05) is 0 Å². The molecule has 1 saturated heterocycles. The van der Waals surface area contributed by atoms with Crippen molar-refractivity contribution in [3.05, 3.63) is 53.2 Å². The van der Waals surface area contributed by atoms with Crippen molar-refractivity contribution in [3.8, 4) is 0 Å². The van der Waals surface area contributed by atoms with Crippen LogP contribution in [0, 0.1) is 0 Å². The lowest BCUT2D eigenvalue weighted by atomic mass is 10.1. The van der Waals surface area contributed by atoms with E-state index in [1.54, 1.807) is 18.2 Å². The third kappa shape index (κ3) is 5.04. The van der Waals surface area contributed by atoms with Crippen LogP contribution in [0.1, 0.15) is 47.1 Å². The molecule has 0 amide bonds. The molecule has 188 valence electrons. The van der Waals surface area contributed by atoms with Gasteiger partial charge in [0.1, 0.15) is 30.2 Å². The molecule has 3 heterocycles. The maximum Gasteiger partial charge on any atom is 0.303 e. The Morgan fingerprint density at radius 3 is 2.47 bits per heavy atom. The van der Waals surface area contributed by atoms with Gasteiger partial charge in [0, 0.05) is 30.4 Å². The van der Waals surface area contributed by atoms with Crippen LogP contribution in [0.3, 0.4) is 0 Å². The third-order valence-corrected chi connectivity index (χ3v) is 5.53. The molecule has 0 spiro atoms. The molecule has 4 atom stereocenters. The second kappa shape index (κ2) is 10.4. The molecular weight excluding hydrogens is 496 g/mol. The number of halogens is 1. The second-order valence-electron chi connectivity index (χ2n) is 7.51. The number of hydrogen-bond acceptors (Lipinski definition) is 11. The topological polar surface area (TPSA) is 149 Å². The molecule has 0 N–H and O–H groups in total. The summed E-state index contributed by atoms with van der Waals surface area (Å²) in [6.45, 7) is -2.66. The van der Waals surface area contributed by atoms with Crippen LogP contribution in [-0.2, 0) is 33.3 Å². The zero-order valence-electron chi connectivity index (χ0n) is 21.5. The summed E-state index contributed by atoms with van der Waals surface area (Å²) in [6, 6.07) is 6.38. The predicted octanol–water partition coefficient (Wildman–Crippen LogP) is 2.03. The normalized spacial score (nSPS) is 22.3. The Morgan fingerprint density at radius 1 is 1.03 bits per heavy atom. The van der Waals surface area contributed by atoms with Gasteiger partial charge in [0.2, 0.25) is 5.78 Å². The van der Waals surface area contributed by atoms with E-state index in [1.165, 1.54) is 17.0 Å². The van der Waals surface area contributed by atoms with E-state index < -0.39 is 75.5 Å². The van der Waals surface area contributed by atoms with Crippen LogP contribution in [0.4, 0.5) is 0 Å². The van der Waals surface area contributed by atoms with Crippen molar-refractivity contribution in [3.63, 3.8) is 0 Å². The number of esters is 3. The van der Waals surface area contributed by atoms with Crippen molar-refractivity contribution in [1.82, 2.24) is 19.5 Å². The quantitative estimate of drug-likeness (QED) is 0.256. The molecule has 13 heteroatoms. The minimum absolute atomic E-state index is 0.0670. The van der Waals surface area contributed by atoms with Gasteiger partial charge in [-0.1, -0.05) is 23.7 Å². The monoisotopic (exact) mass is 519 g/mol. The first-order chi connectivity index (χ1) is 18.8. The molecule has 2 aromatic heterocycles. The number of hydrogen-bond donors (Lipinski definition) is 0. The maximum absolute atomic E-state index is 13.2. The van der Waals surface area contributed by atoms with Crippen LogP contribution >= 0.6 is 11.6 Å². The molecule has 36 heavy (non-hydrogen) atoms. The Balaban J connectivity index is 1.75. The van der Waals surface area contributed by atoms with E-state index in [-0.39, 0.29) is 27.4 Å². The van der Waals surface area contributed by atoms with Gasteiger partial charge >= 0.3 is 17.9 Å². The Kier molecular flexibility index (Phi) is 6.17. The molecule has 3 aromatic rings. The minimum atomic E-state index is -1.38. The van der Waals surface area contributed by atoms with E-state index in [0.717, 1.165) is 6.33 Å². The number of ketones is 1. The Morgan fingerprint density at radius 2 is 1.75 bits per heavy atom. The predicted molar refractivity (Wildman–Crippen MR) is 122 cm³/mol. The first-order valence-electron chi connectivity index (χ1n) is 12.5. The van der Waals surface area contributed by atoms with Gasteiger partial charge in [0.25, 0.3) is 0 Å². The van der Waals surface area contributed by atoms with Gasteiger partial charge in [-0.3, -0.25) is 23.7 Å². The fraction of sp³-hybridized carbons (Fsp3) is 0.348. The lowest BCUT2D eigenvalue weighted by Crippen LogP contribution is -2.40. The van der Waals surface area contributed by atoms with E-state index in [4.69, 9.17) is 34.7 Å². The zero-order chi connectivity index (χ0) is 28.1. The standard InChI is InChI=1S/C23H21ClN4O8/c1-11(29)33-8-16-20(34-12(2)30)21(35-13(3)31)23(36-16)28-10-27-18-17(25-9-26-22(18)28)19(32)14-6-4-5-7-15(14)24/h4-7,9-10,16,20-21,23H,8H2,1-3H3/t16-,20-,21-,23?/m1/s1/i1D,2D,3D. The first kappa shape index (κ1) is 21.4. The van der Waals surface area contributed by atoms with E-state index >= 15 is 0 Å². The van der Waals surface area contributed by atoms with Crippen LogP contribution in [0.5, 0.6) is 0 Å². The van der Waals surface area contributed by atoms with Gasteiger partial charge in [0.15, 0.2) is 24.1 Å². The van der Waals surface area contributed by atoms with Crippen molar-refractivity contribution in [2.75, 3.05) is 6.61 Å². The fourth-order valence-electron chi connectivity index (χ4n) is 3.79. The number of nitrogens with zero attached hydrogens (tertiary/aromatic N) is 4. The summed E-state index contributed by atoms with van der Waals surface area (Å²) in [5.41, 5.74) is 0.279. The third-order valence-electron chi connectivity index (χ3n) is 5.20. The van der Waals surface area contributed by atoms with Crippen molar-refractivity contribution in [1.29, 1.82) is 0 Å². The number of fused-ring (bicyclic) bond motifs is 1. The number of carbonyl (C=O) groups excluding carboxylic acids is 4. The highest BCUT2D eigenvalue weighted by molar-refractivity contribution is 6.35. The van der Waals surface area contributed by atoms with Gasteiger partial charge in [-0.15, -0.1) is 0 Å². The lowest BCUT2D eigenvalue weighted by Gasteiger charge is -2.23. The molecule has 1 aromatic carbocycles. The zero-order valence-corrected chi connectivity index (χ0v) is 19.3. The summed E-state index contributed by atoms with van der Waals surface area (Å²) >= 11 is 6.18. The number of benzene rings is 1. The van der Waals surface area contributed by atoms with Gasteiger partial charge in [-0.25, -0.2) is 15.0 Å². The van der Waals surface area contributed by atoms with E-state index in [0.29, 0.717) is 0 Å². The highest BCUT2D eigenvalue weighted by Crippen LogP contribution is 2.36. The molecule has 12 nitrogen and oxygen atoms in total. The number of aromatic nitrogens is 4. The van der Waals surface area contributed by atoms with Gasteiger partial charge in [-0.05, 0) is 12.1 Å².